The molecule has 0 radical (unpaired) electrons. The van der Waals surface area contributed by atoms with Gasteiger partial charge in [-0.15, -0.1) is 0 Å². The largest absolute Gasteiger partial charge is 0.506 e. The lowest BCUT2D eigenvalue weighted by Crippen LogP contribution is -2.53. The molecule has 0 aliphatic carbocycles. The van der Waals surface area contributed by atoms with Gasteiger partial charge in [-0.3, -0.25) is 0 Å². The lowest BCUT2D eigenvalue weighted by atomic mass is 9.59. The van der Waals surface area contributed by atoms with Crippen LogP contribution in [0.2, 0.25) is 0 Å². The van der Waals surface area contributed by atoms with Crippen LogP contribution in [0.5, 0.6) is 0 Å². The number of hydrogen-bond acceptors (Lipinski definition) is 2. The van der Waals surface area contributed by atoms with E-state index in [2.05, 4.69) is 42.5 Å². The number of ether oxygens (including phenoxy) is 1. The first-order valence-corrected chi connectivity index (χ1v) is 10.6. The highest BCUT2D eigenvalue weighted by Crippen LogP contribution is 2.55. The van der Waals surface area contributed by atoms with Gasteiger partial charge >= 0.3 is 6.16 Å². The number of carbonyl (C=O) groups is 1. The molecule has 1 N–H and O–H groups in total. The number of rotatable bonds is 4. The Morgan fingerprint density at radius 1 is 0.645 bits per heavy atom. The van der Waals surface area contributed by atoms with Gasteiger partial charge in [0, 0.05) is 10.8 Å². The number of benzene rings is 3. The summed E-state index contributed by atoms with van der Waals surface area (Å²) in [6.45, 7) is 12.2. The molecule has 31 heavy (non-hydrogen) atoms. The third kappa shape index (κ3) is 4.36. The average molecular weight is 417 g/mol. The van der Waals surface area contributed by atoms with Crippen molar-refractivity contribution in [2.75, 3.05) is 0 Å². The Labute approximate surface area is 185 Å². The van der Waals surface area contributed by atoms with Crippen LogP contribution in [0, 0.1) is 10.8 Å². The van der Waals surface area contributed by atoms with Gasteiger partial charge in [-0.1, -0.05) is 102 Å². The van der Waals surface area contributed by atoms with Crippen LogP contribution in [-0.2, 0) is 10.3 Å². The van der Waals surface area contributed by atoms with Crippen molar-refractivity contribution < 1.29 is 14.6 Å². The van der Waals surface area contributed by atoms with E-state index in [1.165, 1.54) is 0 Å². The second-order valence-electron chi connectivity index (χ2n) is 10.1. The zero-order chi connectivity index (χ0) is 22.9. The Morgan fingerprint density at radius 3 is 1.35 bits per heavy atom. The molecule has 0 heterocycles. The quantitative estimate of drug-likeness (QED) is 0.438. The van der Waals surface area contributed by atoms with E-state index in [1.807, 2.05) is 77.9 Å². The standard InChI is InChI=1S/C28H32O3/c1-26(2,3)28(27(4,5)6,31-25(29)30)24-18-22(20-13-9-7-10-14-20)17-23(19-24)21-15-11-8-12-16-21/h7-19H,1-6H3,(H,29,30). The Kier molecular flexibility index (Phi) is 6.00. The van der Waals surface area contributed by atoms with Crippen molar-refractivity contribution in [1.82, 2.24) is 0 Å². The van der Waals surface area contributed by atoms with Gasteiger partial charge in [0.1, 0.15) is 0 Å². The fourth-order valence-electron chi connectivity index (χ4n) is 4.91. The van der Waals surface area contributed by atoms with Crippen LogP contribution in [0.3, 0.4) is 0 Å². The van der Waals surface area contributed by atoms with Gasteiger partial charge in [0.15, 0.2) is 5.60 Å². The van der Waals surface area contributed by atoms with E-state index in [-0.39, 0.29) is 0 Å². The lowest BCUT2D eigenvalue weighted by Gasteiger charge is -2.52. The minimum atomic E-state index is -1.27. The van der Waals surface area contributed by atoms with Gasteiger partial charge in [0.2, 0.25) is 0 Å². The molecule has 0 aliphatic heterocycles. The first-order valence-electron chi connectivity index (χ1n) is 10.6. The van der Waals surface area contributed by atoms with E-state index < -0.39 is 22.6 Å². The van der Waals surface area contributed by atoms with Crippen molar-refractivity contribution in [1.29, 1.82) is 0 Å². The van der Waals surface area contributed by atoms with Crippen LogP contribution < -0.4 is 0 Å². The minimum absolute atomic E-state index is 0.493. The first kappa shape index (κ1) is 22.6. The summed E-state index contributed by atoms with van der Waals surface area (Å²) in [6, 6.07) is 26.6. The fourth-order valence-corrected chi connectivity index (χ4v) is 4.91. The Bertz CT molecular complexity index is 967. The smallest absolute Gasteiger partial charge is 0.450 e. The van der Waals surface area contributed by atoms with Gasteiger partial charge in [-0.05, 0) is 46.0 Å². The summed E-state index contributed by atoms with van der Waals surface area (Å²) in [5, 5.41) is 9.79. The van der Waals surface area contributed by atoms with E-state index in [1.54, 1.807) is 0 Å². The van der Waals surface area contributed by atoms with E-state index >= 15 is 0 Å². The average Bonchev–Trinajstić information content (AvgIpc) is 2.71. The van der Waals surface area contributed by atoms with E-state index in [0.29, 0.717) is 0 Å². The molecule has 0 saturated carbocycles. The molecule has 0 unspecified atom stereocenters. The predicted molar refractivity (Wildman–Crippen MR) is 127 cm³/mol. The van der Waals surface area contributed by atoms with Crippen molar-refractivity contribution >= 4 is 6.16 Å². The number of carboxylic acid groups (broad SMARTS) is 1. The molecule has 0 bridgehead atoms. The molecule has 0 spiro atoms. The zero-order valence-electron chi connectivity index (χ0n) is 19.3. The maximum Gasteiger partial charge on any atom is 0.506 e. The van der Waals surface area contributed by atoms with E-state index in [4.69, 9.17) is 4.74 Å². The Balaban J connectivity index is 2.39. The van der Waals surface area contributed by atoms with E-state index in [9.17, 15) is 9.90 Å². The summed E-state index contributed by atoms with van der Waals surface area (Å²) >= 11 is 0. The second-order valence-corrected chi connectivity index (χ2v) is 10.1. The molecule has 0 aromatic heterocycles. The summed E-state index contributed by atoms with van der Waals surface area (Å²) in [7, 11) is 0. The molecular weight excluding hydrogens is 384 g/mol. The highest BCUT2D eigenvalue weighted by molar-refractivity contribution is 5.75. The van der Waals surface area contributed by atoms with Gasteiger partial charge in [-0.25, -0.2) is 4.79 Å². The van der Waals surface area contributed by atoms with Crippen LogP contribution in [0.15, 0.2) is 78.9 Å². The van der Waals surface area contributed by atoms with Gasteiger partial charge in [0.25, 0.3) is 0 Å². The van der Waals surface area contributed by atoms with Gasteiger partial charge in [0.05, 0.1) is 0 Å². The van der Waals surface area contributed by atoms with Crippen molar-refractivity contribution in [2.24, 2.45) is 10.8 Å². The summed E-state index contributed by atoms with van der Waals surface area (Å²) in [6.07, 6.45) is -1.27. The molecule has 0 fully saturated rings. The van der Waals surface area contributed by atoms with Crippen LogP contribution >= 0.6 is 0 Å². The molecule has 0 atom stereocenters. The van der Waals surface area contributed by atoms with Gasteiger partial charge in [-0.2, -0.15) is 0 Å². The fraction of sp³-hybridized carbons (Fsp3) is 0.321. The first-order chi connectivity index (χ1) is 14.5. The van der Waals surface area contributed by atoms with Crippen LogP contribution in [0.25, 0.3) is 22.3 Å². The van der Waals surface area contributed by atoms with Crippen molar-refractivity contribution in [3.8, 4) is 22.3 Å². The normalized spacial score (nSPS) is 12.5. The monoisotopic (exact) mass is 416 g/mol. The van der Waals surface area contributed by atoms with E-state index in [0.717, 1.165) is 27.8 Å². The molecule has 0 amide bonds. The molecule has 0 saturated heterocycles. The summed E-state index contributed by atoms with van der Waals surface area (Å²) in [5.41, 5.74) is 3.02. The van der Waals surface area contributed by atoms with Crippen LogP contribution in [0.1, 0.15) is 47.1 Å². The highest BCUT2D eigenvalue weighted by atomic mass is 16.7. The Morgan fingerprint density at radius 2 is 1.03 bits per heavy atom. The molecule has 3 nitrogen and oxygen atoms in total. The topological polar surface area (TPSA) is 46.5 Å². The third-order valence-corrected chi connectivity index (χ3v) is 5.91. The summed E-state index contributed by atoms with van der Waals surface area (Å²) in [5.74, 6) is 0. The highest BCUT2D eigenvalue weighted by Gasteiger charge is 2.55. The van der Waals surface area contributed by atoms with Crippen LogP contribution in [0.4, 0.5) is 4.79 Å². The molecule has 3 aromatic rings. The van der Waals surface area contributed by atoms with Gasteiger partial charge < -0.3 is 9.84 Å². The van der Waals surface area contributed by atoms with Crippen molar-refractivity contribution in [3.05, 3.63) is 84.4 Å². The van der Waals surface area contributed by atoms with Crippen molar-refractivity contribution in [3.63, 3.8) is 0 Å². The molecular formula is C28H32O3. The van der Waals surface area contributed by atoms with Crippen LogP contribution in [-0.4, -0.2) is 11.3 Å². The molecule has 3 rings (SSSR count). The number of hydrogen-bond donors (Lipinski definition) is 1. The lowest BCUT2D eigenvalue weighted by molar-refractivity contribution is -0.159. The second kappa shape index (κ2) is 8.22. The summed E-state index contributed by atoms with van der Waals surface area (Å²) < 4.78 is 5.85. The summed E-state index contributed by atoms with van der Waals surface area (Å²) in [4.78, 5) is 12.0. The molecule has 162 valence electrons. The third-order valence-electron chi connectivity index (χ3n) is 5.91. The maximum absolute atomic E-state index is 12.0. The predicted octanol–water partition coefficient (Wildman–Crippen LogP) is 8.00. The van der Waals surface area contributed by atoms with Crippen molar-refractivity contribution in [2.45, 2.75) is 47.1 Å². The molecule has 3 heteroatoms. The molecule has 3 aromatic carbocycles. The minimum Gasteiger partial charge on any atom is -0.450 e. The Hall–Kier alpha value is -3.07. The SMILES string of the molecule is CC(C)(C)C(OC(=O)O)(c1cc(-c2ccccc2)cc(-c2ccccc2)c1)C(C)(C)C. The zero-order valence-corrected chi connectivity index (χ0v) is 19.3. The maximum atomic E-state index is 12.0. The molecule has 0 aliphatic rings.